The SMILES string of the molecule is FC(F)(F)c1ccc2nc(-c3cc(Br)ccc3Br)[nH]c2c1. The second-order valence-corrected chi connectivity index (χ2v) is 6.21. The molecule has 0 aliphatic rings. The standard InChI is InChI=1S/C14H7Br2F3N2/c15-8-2-3-10(16)9(6-8)13-20-11-4-1-7(14(17,18)19)5-12(11)21-13/h1-6H,(H,20,21). The fourth-order valence-electron chi connectivity index (χ4n) is 1.99. The largest absolute Gasteiger partial charge is 0.416 e. The van der Waals surface area contributed by atoms with Crippen molar-refractivity contribution >= 4 is 42.9 Å². The number of aromatic amines is 1. The Kier molecular flexibility index (Phi) is 3.57. The smallest absolute Gasteiger partial charge is 0.338 e. The van der Waals surface area contributed by atoms with Gasteiger partial charge in [-0.25, -0.2) is 4.98 Å². The lowest BCUT2D eigenvalue weighted by Crippen LogP contribution is -2.04. The van der Waals surface area contributed by atoms with Gasteiger partial charge in [-0.15, -0.1) is 0 Å². The van der Waals surface area contributed by atoms with Crippen LogP contribution < -0.4 is 0 Å². The van der Waals surface area contributed by atoms with E-state index in [-0.39, 0.29) is 0 Å². The highest BCUT2D eigenvalue weighted by atomic mass is 79.9. The van der Waals surface area contributed by atoms with Gasteiger partial charge in [0.05, 0.1) is 16.6 Å². The zero-order valence-corrected chi connectivity index (χ0v) is 13.5. The molecule has 21 heavy (non-hydrogen) atoms. The highest BCUT2D eigenvalue weighted by Crippen LogP contribution is 2.33. The first-order valence-corrected chi connectivity index (χ1v) is 7.45. The van der Waals surface area contributed by atoms with E-state index in [0.717, 1.165) is 26.6 Å². The fraction of sp³-hybridized carbons (Fsp3) is 0.0714. The molecule has 0 radical (unpaired) electrons. The van der Waals surface area contributed by atoms with Crippen LogP contribution in [0, 0.1) is 0 Å². The van der Waals surface area contributed by atoms with E-state index in [0.29, 0.717) is 16.9 Å². The molecule has 0 saturated heterocycles. The number of H-pyrrole nitrogens is 1. The normalized spacial score (nSPS) is 12.0. The lowest BCUT2D eigenvalue weighted by molar-refractivity contribution is -0.137. The van der Waals surface area contributed by atoms with Crippen LogP contribution in [-0.2, 0) is 6.18 Å². The number of fused-ring (bicyclic) bond motifs is 1. The Labute approximate surface area is 134 Å². The van der Waals surface area contributed by atoms with Gasteiger partial charge in [0.25, 0.3) is 0 Å². The number of nitrogens with one attached hydrogen (secondary N) is 1. The monoisotopic (exact) mass is 418 g/mol. The van der Waals surface area contributed by atoms with Crippen molar-refractivity contribution in [2.75, 3.05) is 0 Å². The molecule has 0 atom stereocenters. The molecule has 0 fully saturated rings. The van der Waals surface area contributed by atoms with Gasteiger partial charge in [-0.1, -0.05) is 31.9 Å². The number of benzene rings is 2. The molecule has 0 aliphatic carbocycles. The summed E-state index contributed by atoms with van der Waals surface area (Å²) in [5, 5.41) is 0. The van der Waals surface area contributed by atoms with Gasteiger partial charge in [-0.2, -0.15) is 13.2 Å². The fourth-order valence-corrected chi connectivity index (χ4v) is 2.79. The molecule has 1 aromatic heterocycles. The number of alkyl halides is 3. The van der Waals surface area contributed by atoms with Crippen molar-refractivity contribution in [3.8, 4) is 11.4 Å². The van der Waals surface area contributed by atoms with E-state index in [4.69, 9.17) is 0 Å². The first-order chi connectivity index (χ1) is 9.84. The lowest BCUT2D eigenvalue weighted by Gasteiger charge is -2.05. The van der Waals surface area contributed by atoms with Crippen molar-refractivity contribution in [3.63, 3.8) is 0 Å². The van der Waals surface area contributed by atoms with Gasteiger partial charge < -0.3 is 4.98 Å². The van der Waals surface area contributed by atoms with E-state index in [1.807, 2.05) is 18.2 Å². The van der Waals surface area contributed by atoms with Crippen LogP contribution in [0.15, 0.2) is 45.3 Å². The van der Waals surface area contributed by atoms with Gasteiger partial charge in [-0.3, -0.25) is 0 Å². The van der Waals surface area contributed by atoms with Crippen molar-refractivity contribution in [2.24, 2.45) is 0 Å². The molecule has 0 spiro atoms. The van der Waals surface area contributed by atoms with Gasteiger partial charge >= 0.3 is 6.18 Å². The molecule has 2 nitrogen and oxygen atoms in total. The van der Waals surface area contributed by atoms with E-state index in [1.165, 1.54) is 6.07 Å². The van der Waals surface area contributed by atoms with Gasteiger partial charge in [0.15, 0.2) is 0 Å². The predicted molar refractivity (Wildman–Crippen MR) is 81.9 cm³/mol. The Morgan fingerprint density at radius 2 is 1.76 bits per heavy atom. The molecule has 2 aromatic carbocycles. The summed E-state index contributed by atoms with van der Waals surface area (Å²) in [6, 6.07) is 9.00. The number of hydrogen-bond acceptors (Lipinski definition) is 1. The molecule has 7 heteroatoms. The quantitative estimate of drug-likeness (QED) is 0.532. The van der Waals surface area contributed by atoms with Crippen LogP contribution in [0.2, 0.25) is 0 Å². The molecule has 3 rings (SSSR count). The van der Waals surface area contributed by atoms with E-state index in [1.54, 1.807) is 0 Å². The Bertz CT molecular complexity index is 825. The Hall–Kier alpha value is -1.34. The summed E-state index contributed by atoms with van der Waals surface area (Å²) in [4.78, 5) is 7.26. The predicted octanol–water partition coefficient (Wildman–Crippen LogP) is 5.77. The molecule has 0 unspecified atom stereocenters. The van der Waals surface area contributed by atoms with Crippen LogP contribution in [0.4, 0.5) is 13.2 Å². The average Bonchev–Trinajstić information content (AvgIpc) is 2.83. The first kappa shape index (κ1) is 14.6. The molecule has 0 saturated carbocycles. The number of hydrogen-bond donors (Lipinski definition) is 1. The molecular weight excluding hydrogens is 413 g/mol. The van der Waals surface area contributed by atoms with Gasteiger partial charge in [-0.05, 0) is 36.4 Å². The highest BCUT2D eigenvalue weighted by molar-refractivity contribution is 9.11. The first-order valence-electron chi connectivity index (χ1n) is 5.87. The molecule has 3 aromatic rings. The van der Waals surface area contributed by atoms with Crippen molar-refractivity contribution in [1.82, 2.24) is 9.97 Å². The third kappa shape index (κ3) is 2.85. The average molecular weight is 420 g/mol. The van der Waals surface area contributed by atoms with E-state index < -0.39 is 11.7 Å². The van der Waals surface area contributed by atoms with Crippen molar-refractivity contribution in [2.45, 2.75) is 6.18 Å². The number of rotatable bonds is 1. The zero-order chi connectivity index (χ0) is 15.2. The molecule has 108 valence electrons. The van der Waals surface area contributed by atoms with Crippen LogP contribution in [0.5, 0.6) is 0 Å². The van der Waals surface area contributed by atoms with Crippen LogP contribution in [-0.4, -0.2) is 9.97 Å². The van der Waals surface area contributed by atoms with E-state index in [9.17, 15) is 13.2 Å². The van der Waals surface area contributed by atoms with Crippen molar-refractivity contribution in [1.29, 1.82) is 0 Å². The van der Waals surface area contributed by atoms with Crippen molar-refractivity contribution < 1.29 is 13.2 Å². The summed E-state index contributed by atoms with van der Waals surface area (Å²) < 4.78 is 39.8. The summed E-state index contributed by atoms with van der Waals surface area (Å²) in [6.45, 7) is 0. The maximum Gasteiger partial charge on any atom is 0.416 e. The molecular formula is C14H7Br2F3N2. The topological polar surface area (TPSA) is 28.7 Å². The maximum absolute atomic E-state index is 12.7. The van der Waals surface area contributed by atoms with Crippen molar-refractivity contribution in [3.05, 3.63) is 50.9 Å². The third-order valence-electron chi connectivity index (χ3n) is 2.99. The van der Waals surface area contributed by atoms with E-state index in [2.05, 4.69) is 41.8 Å². The number of nitrogens with zero attached hydrogens (tertiary/aromatic N) is 1. The molecule has 0 amide bonds. The molecule has 0 aliphatic heterocycles. The Morgan fingerprint density at radius 3 is 2.48 bits per heavy atom. The number of halogens is 5. The summed E-state index contributed by atoms with van der Waals surface area (Å²) >= 11 is 6.77. The van der Waals surface area contributed by atoms with Crippen LogP contribution in [0.25, 0.3) is 22.4 Å². The van der Waals surface area contributed by atoms with E-state index >= 15 is 0 Å². The maximum atomic E-state index is 12.7. The third-order valence-corrected chi connectivity index (χ3v) is 4.18. The lowest BCUT2D eigenvalue weighted by atomic mass is 10.2. The Morgan fingerprint density at radius 1 is 1.00 bits per heavy atom. The summed E-state index contributed by atoms with van der Waals surface area (Å²) in [7, 11) is 0. The van der Waals surface area contributed by atoms with Crippen LogP contribution >= 0.6 is 31.9 Å². The minimum absolute atomic E-state index is 0.353. The van der Waals surface area contributed by atoms with Crippen LogP contribution in [0.1, 0.15) is 5.56 Å². The van der Waals surface area contributed by atoms with Gasteiger partial charge in [0.2, 0.25) is 0 Å². The minimum Gasteiger partial charge on any atom is -0.338 e. The number of aromatic nitrogens is 2. The molecule has 1 heterocycles. The summed E-state index contributed by atoms with van der Waals surface area (Å²) in [6.07, 6.45) is -4.37. The number of imidazole rings is 1. The minimum atomic E-state index is -4.37. The summed E-state index contributed by atoms with van der Waals surface area (Å²) in [5.41, 5.74) is 0.921. The van der Waals surface area contributed by atoms with Gasteiger partial charge in [0, 0.05) is 14.5 Å². The molecule has 1 N–H and O–H groups in total. The van der Waals surface area contributed by atoms with Crippen LogP contribution in [0.3, 0.4) is 0 Å². The second kappa shape index (κ2) is 5.14. The second-order valence-electron chi connectivity index (χ2n) is 4.44. The van der Waals surface area contributed by atoms with Gasteiger partial charge in [0.1, 0.15) is 5.82 Å². The summed E-state index contributed by atoms with van der Waals surface area (Å²) in [5.74, 6) is 0.512. The molecule has 0 bridgehead atoms. The zero-order valence-electron chi connectivity index (χ0n) is 10.3. The Balaban J connectivity index is 2.15. The highest BCUT2D eigenvalue weighted by Gasteiger charge is 2.30.